The van der Waals surface area contributed by atoms with Crippen LogP contribution in [0.3, 0.4) is 0 Å². The summed E-state index contributed by atoms with van der Waals surface area (Å²) >= 11 is 0. The van der Waals surface area contributed by atoms with Gasteiger partial charge in [-0.2, -0.15) is 0 Å². The van der Waals surface area contributed by atoms with Gasteiger partial charge >= 0.3 is 0 Å². The van der Waals surface area contributed by atoms with E-state index in [9.17, 15) is 0 Å². The Balaban J connectivity index is 1.34. The fraction of sp³-hybridized carbons (Fsp3) is 0.238. The molecule has 7 rings (SSSR count). The summed E-state index contributed by atoms with van der Waals surface area (Å²) in [6.45, 7) is 16.4. The van der Waals surface area contributed by atoms with Gasteiger partial charge in [0.25, 0.3) is 0 Å². The predicted molar refractivity (Wildman–Crippen MR) is 198 cm³/mol. The first-order valence-corrected chi connectivity index (χ1v) is 20.2. The van der Waals surface area contributed by atoms with Crippen LogP contribution in [0, 0.1) is 11.8 Å². The van der Waals surface area contributed by atoms with E-state index in [1.165, 1.54) is 33.1 Å². The van der Waals surface area contributed by atoms with Crippen LogP contribution in [0.1, 0.15) is 38.8 Å². The molecule has 1 aliphatic carbocycles. The first kappa shape index (κ1) is 30.9. The molecule has 47 heavy (non-hydrogen) atoms. The van der Waals surface area contributed by atoms with Gasteiger partial charge in [0.15, 0.2) is 17.5 Å². The Morgan fingerprint density at radius 3 is 1.70 bits per heavy atom. The molecular formula is C42H42N4Si. The van der Waals surface area contributed by atoms with E-state index in [1.807, 2.05) is 36.5 Å². The number of hydrogen-bond donors (Lipinski definition) is 0. The summed E-state index contributed by atoms with van der Waals surface area (Å²) in [4.78, 5) is 19.8. The Kier molecular flexibility index (Phi) is 7.76. The molecule has 1 aliphatic rings. The van der Waals surface area contributed by atoms with Gasteiger partial charge in [-0.05, 0) is 69.5 Å². The first-order chi connectivity index (χ1) is 22.6. The average Bonchev–Trinajstić information content (AvgIpc) is 3.39. The number of benzene rings is 4. The number of pyridine rings is 1. The largest absolute Gasteiger partial charge is 0.265 e. The molecular weight excluding hydrogens is 589 g/mol. The van der Waals surface area contributed by atoms with Crippen molar-refractivity contribution >= 4 is 13.4 Å². The first-order valence-electron chi connectivity index (χ1n) is 16.7. The zero-order valence-electron chi connectivity index (χ0n) is 28.4. The van der Waals surface area contributed by atoms with Crippen molar-refractivity contribution in [3.63, 3.8) is 0 Å². The second kappa shape index (κ2) is 11.8. The van der Waals surface area contributed by atoms with Gasteiger partial charge in [-0.1, -0.05) is 132 Å². The number of aromatic nitrogens is 4. The number of hydrogen-bond acceptors (Lipinski definition) is 4. The molecule has 234 valence electrons. The molecule has 5 heteroatoms. The molecule has 2 aromatic heterocycles. The molecule has 4 aromatic carbocycles. The second-order valence-corrected chi connectivity index (χ2v) is 19.4. The summed E-state index contributed by atoms with van der Waals surface area (Å²) in [7, 11) is -1.53. The van der Waals surface area contributed by atoms with Crippen LogP contribution >= 0.6 is 0 Å². The second-order valence-electron chi connectivity index (χ2n) is 14.4. The van der Waals surface area contributed by atoms with E-state index in [4.69, 9.17) is 19.9 Å². The smallest absolute Gasteiger partial charge is 0.165 e. The van der Waals surface area contributed by atoms with Crippen molar-refractivity contribution in [3.05, 3.63) is 127 Å². The Bertz CT molecular complexity index is 2070. The maximum absolute atomic E-state index is 5.03. The summed E-state index contributed by atoms with van der Waals surface area (Å²) in [6.07, 6.45) is 1.91. The minimum Gasteiger partial charge on any atom is -0.265 e. The average molecular weight is 631 g/mol. The summed E-state index contributed by atoms with van der Waals surface area (Å²) in [5.41, 5.74) is 10.7. The Morgan fingerprint density at radius 1 is 0.489 bits per heavy atom. The minimum absolute atomic E-state index is 0.0493. The maximum Gasteiger partial charge on any atom is 0.165 e. The highest BCUT2D eigenvalue weighted by Crippen LogP contribution is 2.57. The van der Waals surface area contributed by atoms with Gasteiger partial charge in [0.05, 0.1) is 0 Å². The molecule has 0 fully saturated rings. The van der Waals surface area contributed by atoms with Gasteiger partial charge in [-0.25, -0.2) is 15.0 Å². The Morgan fingerprint density at radius 2 is 1.04 bits per heavy atom. The molecule has 0 aliphatic heterocycles. The van der Waals surface area contributed by atoms with Crippen molar-refractivity contribution in [2.45, 2.75) is 52.8 Å². The Hall–Kier alpha value is -4.74. The monoisotopic (exact) mass is 630 g/mol. The molecule has 0 atom stereocenters. The highest BCUT2D eigenvalue weighted by Gasteiger charge is 2.47. The van der Waals surface area contributed by atoms with Crippen molar-refractivity contribution in [2.24, 2.45) is 11.8 Å². The quantitative estimate of drug-likeness (QED) is 0.165. The van der Waals surface area contributed by atoms with Gasteiger partial charge in [-0.15, -0.1) is 0 Å². The van der Waals surface area contributed by atoms with Gasteiger partial charge in [0.2, 0.25) is 0 Å². The highest BCUT2D eigenvalue weighted by molar-refractivity contribution is 6.88. The van der Waals surface area contributed by atoms with Crippen LogP contribution < -0.4 is 5.32 Å². The minimum atomic E-state index is -1.53. The van der Waals surface area contributed by atoms with Crippen LogP contribution in [0.25, 0.3) is 56.4 Å². The fourth-order valence-electron chi connectivity index (χ4n) is 7.59. The molecule has 6 aromatic rings. The van der Waals surface area contributed by atoms with E-state index in [-0.39, 0.29) is 5.41 Å². The molecule has 0 amide bonds. The third kappa shape index (κ3) is 5.33. The van der Waals surface area contributed by atoms with Crippen molar-refractivity contribution in [1.82, 2.24) is 19.9 Å². The lowest BCUT2D eigenvalue weighted by molar-refractivity contribution is 0.280. The number of fused-ring (bicyclic) bond motifs is 3. The van der Waals surface area contributed by atoms with Crippen molar-refractivity contribution in [2.75, 3.05) is 0 Å². The van der Waals surface area contributed by atoms with E-state index in [0.29, 0.717) is 29.3 Å². The summed E-state index contributed by atoms with van der Waals surface area (Å²) in [6, 6.07) is 39.0. The molecule has 0 saturated heterocycles. The topological polar surface area (TPSA) is 51.6 Å². The molecule has 0 saturated carbocycles. The normalized spacial score (nSPS) is 13.6. The van der Waals surface area contributed by atoms with E-state index >= 15 is 0 Å². The van der Waals surface area contributed by atoms with Crippen LogP contribution in [-0.4, -0.2) is 28.0 Å². The number of nitrogens with zero attached hydrogens (tertiary/aromatic N) is 4. The zero-order chi connectivity index (χ0) is 32.9. The van der Waals surface area contributed by atoms with Crippen molar-refractivity contribution in [3.8, 4) is 56.4 Å². The summed E-state index contributed by atoms with van der Waals surface area (Å²) in [5.74, 6) is 2.82. The Labute approximate surface area is 280 Å². The van der Waals surface area contributed by atoms with Gasteiger partial charge in [0.1, 0.15) is 8.07 Å². The molecule has 0 bridgehead atoms. The maximum atomic E-state index is 5.03. The molecule has 0 unspecified atom stereocenters. The lowest BCUT2D eigenvalue weighted by Crippen LogP contribution is -2.39. The van der Waals surface area contributed by atoms with Crippen molar-refractivity contribution < 1.29 is 0 Å². The highest BCUT2D eigenvalue weighted by atomic mass is 28.3. The molecule has 0 N–H and O–H groups in total. The van der Waals surface area contributed by atoms with Crippen molar-refractivity contribution in [1.29, 1.82) is 0 Å². The SMILES string of the molecule is CC(C)C1(C(C)C)c2ccccc2-c2ccc(-c3cccc(-c4nc(-c5ccccc5)nc(-c5ccc([Si](C)(C)C)nc5)n4)c3)cc21. The molecule has 2 heterocycles. The van der Waals surface area contributed by atoms with Crippen LogP contribution in [0.15, 0.2) is 115 Å². The molecule has 0 spiro atoms. The lowest BCUT2D eigenvalue weighted by atomic mass is 9.63. The molecule has 0 radical (unpaired) electrons. The van der Waals surface area contributed by atoms with Crippen LogP contribution in [-0.2, 0) is 5.41 Å². The van der Waals surface area contributed by atoms with Gasteiger partial charge < -0.3 is 0 Å². The summed E-state index contributed by atoms with van der Waals surface area (Å²) in [5, 5.41) is 1.17. The number of rotatable bonds is 7. The predicted octanol–water partition coefficient (Wildman–Crippen LogP) is 10.1. The zero-order valence-corrected chi connectivity index (χ0v) is 29.4. The van der Waals surface area contributed by atoms with E-state index < -0.39 is 8.07 Å². The lowest BCUT2D eigenvalue weighted by Gasteiger charge is -2.40. The molecule has 4 nitrogen and oxygen atoms in total. The van der Waals surface area contributed by atoms with Gasteiger partial charge in [0, 0.05) is 33.6 Å². The van der Waals surface area contributed by atoms with Crippen LogP contribution in [0.4, 0.5) is 0 Å². The van der Waals surface area contributed by atoms with Crippen LogP contribution in [0.2, 0.25) is 19.6 Å². The van der Waals surface area contributed by atoms with Crippen LogP contribution in [0.5, 0.6) is 0 Å². The van der Waals surface area contributed by atoms with Gasteiger partial charge in [-0.3, -0.25) is 4.98 Å². The van der Waals surface area contributed by atoms with E-state index in [0.717, 1.165) is 22.3 Å². The standard InChI is InChI=1S/C42H42N4Si/c1-27(2)42(28(3)4)36-19-12-11-18-34(36)35-22-20-31(25-37(35)42)30-16-13-17-32(24-30)40-44-39(29-14-9-8-10-15-29)45-41(46-40)33-21-23-38(43-26-33)47(5,6)7/h8-28H,1-7H3. The van der Waals surface area contributed by atoms with E-state index in [2.05, 4.69) is 126 Å². The fourth-order valence-corrected chi connectivity index (χ4v) is 8.63. The van der Waals surface area contributed by atoms with E-state index in [1.54, 1.807) is 0 Å². The third-order valence-electron chi connectivity index (χ3n) is 9.86. The third-order valence-corrected chi connectivity index (χ3v) is 11.7. The summed E-state index contributed by atoms with van der Waals surface area (Å²) < 4.78 is 0.